The van der Waals surface area contributed by atoms with Gasteiger partial charge in [0.15, 0.2) is 0 Å². The van der Waals surface area contributed by atoms with Gasteiger partial charge in [0.25, 0.3) is 0 Å². The SMILES string of the molecule is CCc1cc(B(O)O)cc(CC)n1. The molecule has 0 atom stereocenters. The minimum atomic E-state index is -1.39. The van der Waals surface area contributed by atoms with Gasteiger partial charge in [0.1, 0.15) is 0 Å². The molecule has 0 aliphatic rings. The highest BCUT2D eigenvalue weighted by molar-refractivity contribution is 6.58. The van der Waals surface area contributed by atoms with Gasteiger partial charge in [-0.1, -0.05) is 13.8 Å². The van der Waals surface area contributed by atoms with Crippen molar-refractivity contribution in [2.24, 2.45) is 0 Å². The molecule has 0 aliphatic heterocycles. The molecule has 3 nitrogen and oxygen atoms in total. The largest absolute Gasteiger partial charge is 0.488 e. The van der Waals surface area contributed by atoms with Gasteiger partial charge in [-0.3, -0.25) is 4.98 Å². The molecular weight excluding hydrogens is 165 g/mol. The standard InChI is InChI=1S/C9H14BNO2/c1-3-8-5-7(10(12)13)6-9(4-2)11-8/h5-6,12-13H,3-4H2,1-2H3. The highest BCUT2D eigenvalue weighted by atomic mass is 16.4. The van der Waals surface area contributed by atoms with E-state index >= 15 is 0 Å². The second-order valence-electron chi connectivity index (χ2n) is 2.96. The topological polar surface area (TPSA) is 53.4 Å². The van der Waals surface area contributed by atoms with E-state index in [1.54, 1.807) is 12.1 Å². The fraction of sp³-hybridized carbons (Fsp3) is 0.444. The number of nitrogens with zero attached hydrogens (tertiary/aromatic N) is 1. The highest BCUT2D eigenvalue weighted by Crippen LogP contribution is 1.99. The van der Waals surface area contributed by atoms with E-state index in [9.17, 15) is 0 Å². The predicted octanol–water partition coefficient (Wildman–Crippen LogP) is -0.114. The Kier molecular flexibility index (Phi) is 3.45. The molecule has 0 aromatic carbocycles. The van der Waals surface area contributed by atoms with E-state index in [0.717, 1.165) is 24.2 Å². The highest BCUT2D eigenvalue weighted by Gasteiger charge is 2.12. The maximum atomic E-state index is 8.99. The minimum absolute atomic E-state index is 0.531. The predicted molar refractivity (Wildman–Crippen MR) is 52.8 cm³/mol. The van der Waals surface area contributed by atoms with Crippen LogP contribution in [0.2, 0.25) is 0 Å². The summed E-state index contributed by atoms with van der Waals surface area (Å²) in [6, 6.07) is 3.45. The molecule has 2 N–H and O–H groups in total. The second kappa shape index (κ2) is 4.39. The Morgan fingerprint density at radius 3 is 1.92 bits per heavy atom. The zero-order valence-electron chi connectivity index (χ0n) is 7.99. The molecule has 0 amide bonds. The molecule has 0 fully saturated rings. The quantitative estimate of drug-likeness (QED) is 0.636. The van der Waals surface area contributed by atoms with Crippen LogP contribution in [0.3, 0.4) is 0 Å². The zero-order valence-corrected chi connectivity index (χ0v) is 7.99. The summed E-state index contributed by atoms with van der Waals surface area (Å²) in [4.78, 5) is 4.33. The van der Waals surface area contributed by atoms with E-state index in [1.807, 2.05) is 13.8 Å². The zero-order chi connectivity index (χ0) is 9.84. The van der Waals surface area contributed by atoms with Crippen molar-refractivity contribution in [3.63, 3.8) is 0 Å². The van der Waals surface area contributed by atoms with E-state index in [-0.39, 0.29) is 0 Å². The maximum Gasteiger partial charge on any atom is 0.488 e. The number of aromatic nitrogens is 1. The lowest BCUT2D eigenvalue weighted by atomic mass is 9.80. The molecule has 1 aromatic rings. The third kappa shape index (κ3) is 2.54. The molecule has 0 bridgehead atoms. The van der Waals surface area contributed by atoms with E-state index < -0.39 is 7.12 Å². The first-order valence-corrected chi connectivity index (χ1v) is 4.53. The second-order valence-corrected chi connectivity index (χ2v) is 2.96. The molecule has 0 radical (unpaired) electrons. The molecule has 4 heteroatoms. The maximum absolute atomic E-state index is 8.99. The van der Waals surface area contributed by atoms with Crippen LogP contribution < -0.4 is 5.46 Å². The Labute approximate surface area is 78.6 Å². The average Bonchev–Trinajstić information content (AvgIpc) is 2.16. The number of hydrogen-bond donors (Lipinski definition) is 2. The van der Waals surface area contributed by atoms with E-state index in [0.29, 0.717) is 5.46 Å². The molecule has 1 heterocycles. The third-order valence-corrected chi connectivity index (χ3v) is 1.98. The molecule has 1 rings (SSSR count). The van der Waals surface area contributed by atoms with Crippen molar-refractivity contribution in [1.82, 2.24) is 4.98 Å². The first-order valence-electron chi connectivity index (χ1n) is 4.53. The number of hydrogen-bond acceptors (Lipinski definition) is 3. The van der Waals surface area contributed by atoms with Crippen molar-refractivity contribution in [2.45, 2.75) is 26.7 Å². The Morgan fingerprint density at radius 1 is 1.15 bits per heavy atom. The lowest BCUT2D eigenvalue weighted by Crippen LogP contribution is -2.31. The van der Waals surface area contributed by atoms with Crippen molar-refractivity contribution < 1.29 is 10.0 Å². The smallest absolute Gasteiger partial charge is 0.423 e. The van der Waals surface area contributed by atoms with E-state index in [2.05, 4.69) is 4.98 Å². The van der Waals surface area contributed by atoms with Gasteiger partial charge in [-0.25, -0.2) is 0 Å². The van der Waals surface area contributed by atoms with Gasteiger partial charge in [-0.15, -0.1) is 0 Å². The van der Waals surface area contributed by atoms with Crippen molar-refractivity contribution in [2.75, 3.05) is 0 Å². The first-order chi connectivity index (χ1) is 6.17. The summed E-state index contributed by atoms with van der Waals surface area (Å²) in [5.74, 6) is 0. The van der Waals surface area contributed by atoms with Gasteiger partial charge < -0.3 is 10.0 Å². The Morgan fingerprint density at radius 2 is 1.62 bits per heavy atom. The van der Waals surface area contributed by atoms with Crippen molar-refractivity contribution >= 4 is 12.6 Å². The van der Waals surface area contributed by atoms with Crippen molar-refractivity contribution in [3.8, 4) is 0 Å². The van der Waals surface area contributed by atoms with Crippen LogP contribution in [0, 0.1) is 0 Å². The van der Waals surface area contributed by atoms with Crippen LogP contribution in [-0.4, -0.2) is 22.2 Å². The van der Waals surface area contributed by atoms with Crippen LogP contribution in [0.25, 0.3) is 0 Å². The summed E-state index contributed by atoms with van der Waals surface area (Å²) in [6.45, 7) is 3.99. The van der Waals surface area contributed by atoms with Gasteiger partial charge in [-0.05, 0) is 30.4 Å². The summed E-state index contributed by atoms with van der Waals surface area (Å²) in [6.07, 6.45) is 1.63. The third-order valence-electron chi connectivity index (χ3n) is 1.98. The molecule has 70 valence electrons. The Hall–Kier alpha value is -0.865. The average molecular weight is 179 g/mol. The van der Waals surface area contributed by atoms with Crippen LogP contribution in [0.4, 0.5) is 0 Å². The first kappa shape index (κ1) is 10.2. The normalized spacial score (nSPS) is 10.2. The molecule has 0 aliphatic carbocycles. The summed E-state index contributed by atoms with van der Waals surface area (Å²) >= 11 is 0. The molecule has 0 saturated heterocycles. The summed E-state index contributed by atoms with van der Waals surface area (Å²) in [5, 5.41) is 18.0. The molecular formula is C9H14BNO2. The molecule has 1 aromatic heterocycles. The van der Waals surface area contributed by atoms with Crippen molar-refractivity contribution in [1.29, 1.82) is 0 Å². The van der Waals surface area contributed by atoms with Crippen molar-refractivity contribution in [3.05, 3.63) is 23.5 Å². The number of rotatable bonds is 3. The lowest BCUT2D eigenvalue weighted by Gasteiger charge is -2.05. The number of aryl methyl sites for hydroxylation is 2. The minimum Gasteiger partial charge on any atom is -0.423 e. The van der Waals surface area contributed by atoms with Crippen LogP contribution in [0.15, 0.2) is 12.1 Å². The van der Waals surface area contributed by atoms with Gasteiger partial charge >= 0.3 is 7.12 Å². The van der Waals surface area contributed by atoms with Gasteiger partial charge in [0.2, 0.25) is 0 Å². The van der Waals surface area contributed by atoms with Gasteiger partial charge in [-0.2, -0.15) is 0 Å². The monoisotopic (exact) mass is 179 g/mol. The number of pyridine rings is 1. The fourth-order valence-corrected chi connectivity index (χ4v) is 1.19. The van der Waals surface area contributed by atoms with Crippen LogP contribution in [0.5, 0.6) is 0 Å². The van der Waals surface area contributed by atoms with Gasteiger partial charge in [0, 0.05) is 11.4 Å². The molecule has 0 unspecified atom stereocenters. The Bertz CT molecular complexity index is 267. The summed E-state index contributed by atoms with van der Waals surface area (Å²) < 4.78 is 0. The van der Waals surface area contributed by atoms with E-state index in [1.165, 1.54) is 0 Å². The molecule has 0 spiro atoms. The van der Waals surface area contributed by atoms with Crippen LogP contribution >= 0.6 is 0 Å². The van der Waals surface area contributed by atoms with Crippen LogP contribution in [0.1, 0.15) is 25.2 Å². The Balaban J connectivity index is 3.07. The molecule has 0 saturated carbocycles. The molecule has 13 heavy (non-hydrogen) atoms. The summed E-state index contributed by atoms with van der Waals surface area (Å²) in [5.41, 5.74) is 2.34. The van der Waals surface area contributed by atoms with E-state index in [4.69, 9.17) is 10.0 Å². The fourth-order valence-electron chi connectivity index (χ4n) is 1.19. The summed E-state index contributed by atoms with van der Waals surface area (Å²) in [7, 11) is -1.39. The van der Waals surface area contributed by atoms with Crippen LogP contribution in [-0.2, 0) is 12.8 Å². The lowest BCUT2D eigenvalue weighted by molar-refractivity contribution is 0.425. The van der Waals surface area contributed by atoms with Gasteiger partial charge in [0.05, 0.1) is 0 Å².